The van der Waals surface area contributed by atoms with E-state index in [-0.39, 0.29) is 27.9 Å². The molecule has 0 atom stereocenters. The molecule has 0 fully saturated rings. The van der Waals surface area contributed by atoms with Crippen LogP contribution in [0.1, 0.15) is 15.9 Å². The maximum Gasteiger partial charge on any atom is 0.416 e. The lowest BCUT2D eigenvalue weighted by Crippen LogP contribution is -2.22. The van der Waals surface area contributed by atoms with E-state index in [0.717, 1.165) is 16.7 Å². The number of halogens is 3. The second-order valence-corrected chi connectivity index (χ2v) is 6.75. The predicted molar refractivity (Wildman–Crippen MR) is 110 cm³/mol. The molecule has 31 heavy (non-hydrogen) atoms. The molecule has 2 aromatic carbocycles. The minimum absolute atomic E-state index is 0.0155. The van der Waals surface area contributed by atoms with Crippen LogP contribution in [0.5, 0.6) is 0 Å². The fraction of sp³-hybridized carbons (Fsp3) is 0.0909. The van der Waals surface area contributed by atoms with Crippen molar-refractivity contribution in [2.24, 2.45) is 7.05 Å². The lowest BCUT2D eigenvalue weighted by atomic mass is 10.1. The number of aromatic nitrogens is 3. The SMILES string of the molecule is Cn1c(-c2cccc(C(F)(F)F)c2)nc2c(C(=O)Nc3ccccn3)cccc2c1=O. The summed E-state index contributed by atoms with van der Waals surface area (Å²) in [5.41, 5.74) is -1.04. The highest BCUT2D eigenvalue weighted by molar-refractivity contribution is 6.11. The molecule has 2 aromatic heterocycles. The van der Waals surface area contributed by atoms with Crippen LogP contribution in [0.3, 0.4) is 0 Å². The van der Waals surface area contributed by atoms with Crippen molar-refractivity contribution in [3.63, 3.8) is 0 Å². The Bertz CT molecular complexity index is 1350. The van der Waals surface area contributed by atoms with Crippen molar-refractivity contribution in [1.82, 2.24) is 14.5 Å². The summed E-state index contributed by atoms with van der Waals surface area (Å²) in [5, 5.41) is 2.80. The number of benzene rings is 2. The van der Waals surface area contributed by atoms with Gasteiger partial charge in [-0.05, 0) is 36.4 Å². The van der Waals surface area contributed by atoms with Gasteiger partial charge < -0.3 is 5.32 Å². The molecule has 0 radical (unpaired) electrons. The quantitative estimate of drug-likeness (QED) is 0.533. The van der Waals surface area contributed by atoms with E-state index in [1.54, 1.807) is 24.3 Å². The first-order valence-corrected chi connectivity index (χ1v) is 9.15. The summed E-state index contributed by atoms with van der Waals surface area (Å²) >= 11 is 0. The summed E-state index contributed by atoms with van der Waals surface area (Å²) in [6.07, 6.45) is -3.03. The number of anilines is 1. The van der Waals surface area contributed by atoms with E-state index in [2.05, 4.69) is 15.3 Å². The smallest absolute Gasteiger partial charge is 0.306 e. The third-order valence-electron chi connectivity index (χ3n) is 4.71. The Morgan fingerprint density at radius 2 is 1.81 bits per heavy atom. The highest BCUT2D eigenvalue weighted by Crippen LogP contribution is 2.32. The summed E-state index contributed by atoms with van der Waals surface area (Å²) in [6, 6.07) is 14.1. The van der Waals surface area contributed by atoms with E-state index in [0.29, 0.717) is 5.82 Å². The summed E-state index contributed by atoms with van der Waals surface area (Å²) < 4.78 is 40.6. The molecule has 0 bridgehead atoms. The number of carbonyl (C=O) groups is 1. The number of amides is 1. The maximum atomic E-state index is 13.1. The molecule has 0 aliphatic carbocycles. The van der Waals surface area contributed by atoms with Gasteiger partial charge in [-0.2, -0.15) is 13.2 Å². The number of rotatable bonds is 3. The van der Waals surface area contributed by atoms with Crippen LogP contribution >= 0.6 is 0 Å². The first-order valence-electron chi connectivity index (χ1n) is 9.15. The third kappa shape index (κ3) is 3.89. The number of pyridine rings is 1. The Hall–Kier alpha value is -4.01. The molecule has 4 rings (SSSR count). The zero-order valence-electron chi connectivity index (χ0n) is 16.1. The van der Waals surface area contributed by atoms with E-state index in [1.807, 2.05) is 0 Å². The van der Waals surface area contributed by atoms with Crippen molar-refractivity contribution in [3.8, 4) is 11.4 Å². The first-order chi connectivity index (χ1) is 14.8. The molecule has 0 aliphatic heterocycles. The van der Waals surface area contributed by atoms with Gasteiger partial charge in [0, 0.05) is 18.8 Å². The summed E-state index contributed by atoms with van der Waals surface area (Å²) in [4.78, 5) is 34.1. The molecule has 156 valence electrons. The second-order valence-electron chi connectivity index (χ2n) is 6.75. The Kier molecular flexibility index (Phi) is 5.02. The van der Waals surface area contributed by atoms with Crippen molar-refractivity contribution < 1.29 is 18.0 Å². The van der Waals surface area contributed by atoms with Crippen LogP contribution < -0.4 is 10.9 Å². The van der Waals surface area contributed by atoms with E-state index in [9.17, 15) is 22.8 Å². The Labute approximate surface area is 174 Å². The minimum Gasteiger partial charge on any atom is -0.306 e. The third-order valence-corrected chi connectivity index (χ3v) is 4.71. The molecular formula is C22H15F3N4O2. The maximum absolute atomic E-state index is 13.1. The van der Waals surface area contributed by atoms with Gasteiger partial charge in [0.25, 0.3) is 11.5 Å². The van der Waals surface area contributed by atoms with Gasteiger partial charge in [-0.25, -0.2) is 9.97 Å². The van der Waals surface area contributed by atoms with Crippen molar-refractivity contribution in [1.29, 1.82) is 0 Å². The van der Waals surface area contributed by atoms with Crippen LogP contribution in [-0.2, 0) is 13.2 Å². The highest BCUT2D eigenvalue weighted by Gasteiger charge is 2.30. The zero-order valence-corrected chi connectivity index (χ0v) is 16.1. The number of hydrogen-bond donors (Lipinski definition) is 1. The largest absolute Gasteiger partial charge is 0.416 e. The number of carbonyl (C=O) groups excluding carboxylic acids is 1. The second kappa shape index (κ2) is 7.67. The molecule has 6 nitrogen and oxygen atoms in total. The molecule has 4 aromatic rings. The number of fused-ring (bicyclic) bond motifs is 1. The van der Waals surface area contributed by atoms with Gasteiger partial charge in [-0.1, -0.05) is 24.3 Å². The van der Waals surface area contributed by atoms with Crippen molar-refractivity contribution in [2.45, 2.75) is 6.18 Å². The van der Waals surface area contributed by atoms with Crippen molar-refractivity contribution >= 4 is 22.6 Å². The van der Waals surface area contributed by atoms with E-state index >= 15 is 0 Å². The highest BCUT2D eigenvalue weighted by atomic mass is 19.4. The standard InChI is InChI=1S/C22H15F3N4O2/c1-29-19(13-6-4-7-14(12-13)22(23,24)25)28-18-15(8-5-9-16(18)21(29)31)20(30)27-17-10-2-3-11-26-17/h2-12H,1H3,(H,26,27,30). The molecule has 0 spiro atoms. The van der Waals surface area contributed by atoms with Gasteiger partial charge in [-0.15, -0.1) is 0 Å². The van der Waals surface area contributed by atoms with Crippen LogP contribution in [0.15, 0.2) is 71.7 Å². The molecule has 1 amide bonds. The normalized spacial score (nSPS) is 11.5. The molecule has 1 N–H and O–H groups in total. The molecule has 0 aliphatic rings. The van der Waals surface area contributed by atoms with Gasteiger partial charge >= 0.3 is 6.18 Å². The predicted octanol–water partition coefficient (Wildman–Crippen LogP) is 4.27. The number of hydrogen-bond acceptors (Lipinski definition) is 4. The summed E-state index contributed by atoms with van der Waals surface area (Å²) in [5.74, 6) is -0.215. The summed E-state index contributed by atoms with van der Waals surface area (Å²) in [6.45, 7) is 0. The monoisotopic (exact) mass is 424 g/mol. The van der Waals surface area contributed by atoms with Gasteiger partial charge in [-0.3, -0.25) is 14.2 Å². The zero-order chi connectivity index (χ0) is 22.2. The van der Waals surface area contributed by atoms with E-state index in [4.69, 9.17) is 0 Å². The van der Waals surface area contributed by atoms with Crippen molar-refractivity contribution in [2.75, 3.05) is 5.32 Å². The number of para-hydroxylation sites is 1. The van der Waals surface area contributed by atoms with Gasteiger partial charge in [0.15, 0.2) is 0 Å². The molecule has 2 heterocycles. The van der Waals surface area contributed by atoms with E-state index < -0.39 is 23.2 Å². The minimum atomic E-state index is -4.54. The van der Waals surface area contributed by atoms with Gasteiger partial charge in [0.1, 0.15) is 11.6 Å². The van der Waals surface area contributed by atoms with Gasteiger partial charge in [0.05, 0.1) is 22.0 Å². The molecule has 0 saturated heterocycles. The van der Waals surface area contributed by atoms with Crippen LogP contribution in [0.4, 0.5) is 19.0 Å². The average molecular weight is 424 g/mol. The molecule has 9 heteroatoms. The lowest BCUT2D eigenvalue weighted by molar-refractivity contribution is -0.137. The van der Waals surface area contributed by atoms with Crippen LogP contribution in [-0.4, -0.2) is 20.4 Å². The molecule has 0 saturated carbocycles. The number of nitrogens with zero attached hydrogens (tertiary/aromatic N) is 3. The fourth-order valence-electron chi connectivity index (χ4n) is 3.19. The van der Waals surface area contributed by atoms with Crippen molar-refractivity contribution in [3.05, 3.63) is 88.3 Å². The van der Waals surface area contributed by atoms with Crippen LogP contribution in [0.25, 0.3) is 22.3 Å². The number of nitrogens with one attached hydrogen (secondary N) is 1. The molecule has 0 unspecified atom stereocenters. The Balaban J connectivity index is 1.88. The fourth-order valence-corrected chi connectivity index (χ4v) is 3.19. The van der Waals surface area contributed by atoms with E-state index in [1.165, 1.54) is 37.5 Å². The average Bonchev–Trinajstić information content (AvgIpc) is 2.76. The Morgan fingerprint density at radius 3 is 2.52 bits per heavy atom. The number of alkyl halides is 3. The topological polar surface area (TPSA) is 76.9 Å². The van der Waals surface area contributed by atoms with Crippen LogP contribution in [0, 0.1) is 0 Å². The molecular weight excluding hydrogens is 409 g/mol. The Morgan fingerprint density at radius 1 is 1.03 bits per heavy atom. The van der Waals surface area contributed by atoms with Crippen LogP contribution in [0.2, 0.25) is 0 Å². The first kappa shape index (κ1) is 20.3. The lowest BCUT2D eigenvalue weighted by Gasteiger charge is -2.13. The summed E-state index contributed by atoms with van der Waals surface area (Å²) in [7, 11) is 1.42. The van der Waals surface area contributed by atoms with Gasteiger partial charge in [0.2, 0.25) is 0 Å².